The van der Waals surface area contributed by atoms with Gasteiger partial charge < -0.3 is 9.84 Å². The van der Waals surface area contributed by atoms with Crippen LogP contribution in [0.15, 0.2) is 41.2 Å². The second-order valence-electron chi connectivity index (χ2n) is 5.47. The number of rotatable bonds is 5. The Kier molecular flexibility index (Phi) is 5.07. The lowest BCUT2D eigenvalue weighted by molar-refractivity contribution is 0.301. The van der Waals surface area contributed by atoms with E-state index in [0.29, 0.717) is 11.4 Å². The van der Waals surface area contributed by atoms with Crippen molar-refractivity contribution in [2.45, 2.75) is 20.0 Å². The summed E-state index contributed by atoms with van der Waals surface area (Å²) in [6.07, 6.45) is 0.742. The van der Waals surface area contributed by atoms with Gasteiger partial charge in [0.25, 0.3) is 0 Å². The van der Waals surface area contributed by atoms with E-state index in [4.69, 9.17) is 4.74 Å². The van der Waals surface area contributed by atoms with Gasteiger partial charge in [-0.3, -0.25) is 0 Å². The molecule has 0 fully saturated rings. The first-order valence-electron chi connectivity index (χ1n) is 7.72. The maximum absolute atomic E-state index is 12.2. The van der Waals surface area contributed by atoms with E-state index in [9.17, 15) is 9.90 Å². The smallest absolute Gasteiger partial charge is 0.368 e. The van der Waals surface area contributed by atoms with Gasteiger partial charge in [0.1, 0.15) is 18.1 Å². The van der Waals surface area contributed by atoms with Crippen LogP contribution in [0.25, 0.3) is 5.69 Å². The normalized spacial score (nSPS) is 10.8. The number of benzene rings is 2. The van der Waals surface area contributed by atoms with Gasteiger partial charge in [0.05, 0.1) is 5.69 Å². The van der Waals surface area contributed by atoms with Gasteiger partial charge in [0.2, 0.25) is 0 Å². The predicted octanol–water partition coefficient (Wildman–Crippen LogP) is 2.42. The number of halogens is 1. The Morgan fingerprint density at radius 2 is 2.04 bits per heavy atom. The van der Waals surface area contributed by atoms with E-state index in [1.165, 1.54) is 9.36 Å². The van der Waals surface area contributed by atoms with E-state index in [1.54, 1.807) is 25.2 Å². The van der Waals surface area contributed by atoms with Crippen LogP contribution in [0.3, 0.4) is 0 Å². The number of aromatic hydroxyl groups is 1. The van der Waals surface area contributed by atoms with Gasteiger partial charge in [-0.05, 0) is 75.3 Å². The molecule has 8 heteroatoms. The Balaban J connectivity index is 1.96. The highest BCUT2D eigenvalue weighted by molar-refractivity contribution is 14.1. The first-order valence-corrected chi connectivity index (χ1v) is 8.80. The molecule has 0 atom stereocenters. The van der Waals surface area contributed by atoms with Crippen molar-refractivity contribution in [3.05, 3.63) is 61.6 Å². The summed E-state index contributed by atoms with van der Waals surface area (Å²) in [5.41, 5.74) is 2.09. The molecule has 3 aromatic rings. The molecule has 0 aliphatic heterocycles. The number of hydrogen-bond donors (Lipinski definition) is 1. The number of hydrogen-bond acceptors (Lipinski definition) is 5. The van der Waals surface area contributed by atoms with Gasteiger partial charge in [-0.1, -0.05) is 13.0 Å². The fourth-order valence-electron chi connectivity index (χ4n) is 2.49. The molecule has 0 saturated carbocycles. The average molecular weight is 452 g/mol. The van der Waals surface area contributed by atoms with E-state index in [2.05, 4.69) is 33.0 Å². The maximum Gasteiger partial charge on any atom is 0.368 e. The molecule has 25 heavy (non-hydrogen) atoms. The van der Waals surface area contributed by atoms with E-state index in [0.717, 1.165) is 21.1 Å². The third kappa shape index (κ3) is 3.53. The molecular formula is C17H17IN4O3. The maximum atomic E-state index is 12.2. The first kappa shape index (κ1) is 17.5. The molecule has 0 aliphatic rings. The Morgan fingerprint density at radius 1 is 1.24 bits per heavy atom. The molecule has 7 nitrogen and oxygen atoms in total. The monoisotopic (exact) mass is 452 g/mol. The van der Waals surface area contributed by atoms with Crippen LogP contribution in [0.5, 0.6) is 11.5 Å². The van der Waals surface area contributed by atoms with Crippen molar-refractivity contribution in [1.29, 1.82) is 0 Å². The number of ether oxygens (including phenoxy) is 1. The summed E-state index contributed by atoms with van der Waals surface area (Å²) in [6.45, 7) is 2.27. The quantitative estimate of drug-likeness (QED) is 0.602. The predicted molar refractivity (Wildman–Crippen MR) is 101 cm³/mol. The molecule has 0 radical (unpaired) electrons. The SMILES string of the molecule is CCc1cc(O)ccc1OCc1c(I)cccc1-n1nnn(C)c1=O. The van der Waals surface area contributed by atoms with E-state index >= 15 is 0 Å². The molecule has 3 rings (SSSR count). The number of nitrogens with zero attached hydrogens (tertiary/aromatic N) is 4. The fourth-order valence-corrected chi connectivity index (χ4v) is 3.13. The summed E-state index contributed by atoms with van der Waals surface area (Å²) in [5, 5.41) is 17.3. The van der Waals surface area contributed by atoms with Gasteiger partial charge in [-0.15, -0.1) is 0 Å². The summed E-state index contributed by atoms with van der Waals surface area (Å²) in [5.74, 6) is 0.919. The molecule has 0 bridgehead atoms. The fraction of sp³-hybridized carbons (Fsp3) is 0.235. The minimum Gasteiger partial charge on any atom is -0.508 e. The number of aromatic nitrogens is 4. The van der Waals surface area contributed by atoms with Gasteiger partial charge in [-0.2, -0.15) is 9.36 Å². The third-order valence-electron chi connectivity index (χ3n) is 3.84. The Bertz CT molecular complexity index is 965. The van der Waals surface area contributed by atoms with E-state index in [-0.39, 0.29) is 18.0 Å². The van der Waals surface area contributed by atoms with E-state index in [1.807, 2.05) is 25.1 Å². The Labute approximate surface area is 158 Å². The molecule has 130 valence electrons. The lowest BCUT2D eigenvalue weighted by Crippen LogP contribution is -2.23. The number of tetrazole rings is 1. The Morgan fingerprint density at radius 3 is 2.72 bits per heavy atom. The summed E-state index contributed by atoms with van der Waals surface area (Å²) < 4.78 is 9.38. The third-order valence-corrected chi connectivity index (χ3v) is 4.85. The lowest BCUT2D eigenvalue weighted by Gasteiger charge is -2.14. The van der Waals surface area contributed by atoms with Crippen LogP contribution in [0.1, 0.15) is 18.1 Å². The summed E-state index contributed by atoms with van der Waals surface area (Å²) >= 11 is 2.21. The highest BCUT2D eigenvalue weighted by Crippen LogP contribution is 2.27. The summed E-state index contributed by atoms with van der Waals surface area (Å²) in [6, 6.07) is 10.7. The second-order valence-corrected chi connectivity index (χ2v) is 6.63. The standard InChI is InChI=1S/C17H17IN4O3/c1-3-11-9-12(23)7-8-16(11)25-10-13-14(18)5-4-6-15(13)22-17(24)21(2)19-20-22/h4-9,23H,3,10H2,1-2H3. The van der Waals surface area contributed by atoms with Crippen molar-refractivity contribution in [3.8, 4) is 17.2 Å². The van der Waals surface area contributed by atoms with Crippen molar-refractivity contribution in [2.75, 3.05) is 0 Å². The van der Waals surface area contributed by atoms with Crippen LogP contribution in [0, 0.1) is 3.57 Å². The molecular weight excluding hydrogens is 435 g/mol. The van der Waals surface area contributed by atoms with Crippen LogP contribution in [-0.4, -0.2) is 24.9 Å². The lowest BCUT2D eigenvalue weighted by atomic mass is 10.1. The van der Waals surface area contributed by atoms with Crippen LogP contribution in [0.2, 0.25) is 0 Å². The molecule has 0 aliphatic carbocycles. The molecule has 1 aromatic heterocycles. The van der Waals surface area contributed by atoms with E-state index < -0.39 is 0 Å². The number of aryl methyl sites for hydroxylation is 2. The molecule has 0 unspecified atom stereocenters. The van der Waals surface area contributed by atoms with Crippen molar-refractivity contribution < 1.29 is 9.84 Å². The summed E-state index contributed by atoms with van der Waals surface area (Å²) in [7, 11) is 1.56. The largest absolute Gasteiger partial charge is 0.508 e. The molecule has 0 spiro atoms. The van der Waals surface area contributed by atoms with Crippen LogP contribution in [-0.2, 0) is 20.1 Å². The summed E-state index contributed by atoms with van der Waals surface area (Å²) in [4.78, 5) is 12.2. The van der Waals surface area contributed by atoms with Gasteiger partial charge in [-0.25, -0.2) is 4.79 Å². The van der Waals surface area contributed by atoms with Gasteiger partial charge in [0, 0.05) is 16.2 Å². The van der Waals surface area contributed by atoms with Crippen molar-refractivity contribution in [1.82, 2.24) is 19.8 Å². The van der Waals surface area contributed by atoms with Crippen molar-refractivity contribution in [2.24, 2.45) is 7.05 Å². The van der Waals surface area contributed by atoms with Gasteiger partial charge in [0.15, 0.2) is 0 Å². The zero-order chi connectivity index (χ0) is 18.0. The molecule has 0 saturated heterocycles. The zero-order valence-corrected chi connectivity index (χ0v) is 16.0. The molecule has 1 N–H and O–H groups in total. The van der Waals surface area contributed by atoms with Crippen LogP contribution >= 0.6 is 22.6 Å². The second kappa shape index (κ2) is 7.26. The number of phenols is 1. The first-order chi connectivity index (χ1) is 12.0. The Hall–Kier alpha value is -2.36. The molecule has 0 amide bonds. The molecule has 1 heterocycles. The van der Waals surface area contributed by atoms with Crippen molar-refractivity contribution in [3.63, 3.8) is 0 Å². The van der Waals surface area contributed by atoms with Crippen LogP contribution < -0.4 is 10.4 Å². The highest BCUT2D eigenvalue weighted by atomic mass is 127. The zero-order valence-electron chi connectivity index (χ0n) is 13.8. The molecule has 2 aromatic carbocycles. The topological polar surface area (TPSA) is 82.2 Å². The van der Waals surface area contributed by atoms with Crippen LogP contribution in [0.4, 0.5) is 0 Å². The minimum absolute atomic E-state index is 0.213. The number of phenolic OH excluding ortho intramolecular Hbond substituents is 1. The van der Waals surface area contributed by atoms with Crippen molar-refractivity contribution >= 4 is 22.6 Å². The minimum atomic E-state index is -0.317. The highest BCUT2D eigenvalue weighted by Gasteiger charge is 2.15. The van der Waals surface area contributed by atoms with Gasteiger partial charge >= 0.3 is 5.69 Å². The average Bonchev–Trinajstić information content (AvgIpc) is 2.93.